The third kappa shape index (κ3) is 4.21. The van der Waals surface area contributed by atoms with E-state index in [9.17, 15) is 9.18 Å². The number of aromatic nitrogens is 2. The van der Waals surface area contributed by atoms with Crippen molar-refractivity contribution in [2.45, 2.75) is 19.4 Å². The fourth-order valence-corrected chi connectivity index (χ4v) is 4.02. The maximum Gasteiger partial charge on any atom is 0.255 e. The van der Waals surface area contributed by atoms with Gasteiger partial charge in [-0.1, -0.05) is 17.7 Å². The van der Waals surface area contributed by atoms with E-state index >= 15 is 0 Å². The lowest BCUT2D eigenvalue weighted by atomic mass is 10.1. The quantitative estimate of drug-likeness (QED) is 0.845. The Balaban J connectivity index is 1.49. The van der Waals surface area contributed by atoms with Crippen molar-refractivity contribution in [1.82, 2.24) is 19.8 Å². The number of hydrogen-bond acceptors (Lipinski definition) is 5. The Morgan fingerprint density at radius 1 is 1.14 bits per heavy atom. The number of benzene rings is 1. The largest absolute Gasteiger partial charge is 0.340 e. The second kappa shape index (κ2) is 8.19. The van der Waals surface area contributed by atoms with Crippen molar-refractivity contribution in [2.75, 3.05) is 51.2 Å². The molecule has 6 nitrogen and oxygen atoms in total. The minimum Gasteiger partial charge on any atom is -0.340 e. The number of hydrogen-bond donors (Lipinski definition) is 1. The molecule has 28 heavy (non-hydrogen) atoms. The second-order valence-corrected chi connectivity index (χ2v) is 8.05. The van der Waals surface area contributed by atoms with E-state index in [1.165, 1.54) is 6.07 Å². The first-order valence-electron chi connectivity index (χ1n) is 9.71. The van der Waals surface area contributed by atoms with Crippen LogP contribution in [0.3, 0.4) is 0 Å². The molecule has 1 aromatic heterocycles. The third-order valence-corrected chi connectivity index (χ3v) is 5.88. The molecular formula is C20H25ClFN5O. The van der Waals surface area contributed by atoms with Gasteiger partial charge in [-0.3, -0.25) is 14.7 Å². The van der Waals surface area contributed by atoms with Gasteiger partial charge in [0.1, 0.15) is 5.82 Å². The van der Waals surface area contributed by atoms with Crippen LogP contribution in [0.25, 0.3) is 0 Å². The zero-order valence-corrected chi connectivity index (χ0v) is 16.8. The number of nitrogens with one attached hydrogen (secondary N) is 1. The average molecular weight is 406 g/mol. The molecule has 1 saturated heterocycles. The topological polar surface area (TPSA) is 55.5 Å². The molecule has 150 valence electrons. The smallest absolute Gasteiger partial charge is 0.255 e. The van der Waals surface area contributed by atoms with E-state index in [1.807, 2.05) is 0 Å². The van der Waals surface area contributed by atoms with Crippen molar-refractivity contribution in [3.05, 3.63) is 56.2 Å². The molecule has 1 fully saturated rings. The van der Waals surface area contributed by atoms with Gasteiger partial charge in [0.05, 0.1) is 5.69 Å². The van der Waals surface area contributed by atoms with Crippen LogP contribution >= 0.6 is 11.6 Å². The van der Waals surface area contributed by atoms with Gasteiger partial charge in [0.2, 0.25) is 5.95 Å². The zero-order valence-electron chi connectivity index (χ0n) is 16.0. The molecular weight excluding hydrogens is 381 g/mol. The van der Waals surface area contributed by atoms with Crippen LogP contribution in [0.5, 0.6) is 0 Å². The lowest BCUT2D eigenvalue weighted by Crippen LogP contribution is -2.45. The van der Waals surface area contributed by atoms with Crippen LogP contribution in [0.2, 0.25) is 5.02 Å². The normalized spacial score (nSPS) is 18.8. The number of piperazine rings is 1. The summed E-state index contributed by atoms with van der Waals surface area (Å²) in [5.74, 6) is 0.386. The highest BCUT2D eigenvalue weighted by Gasteiger charge is 2.22. The molecule has 1 N–H and O–H groups in total. The second-order valence-electron chi connectivity index (χ2n) is 7.62. The molecule has 0 unspecified atom stereocenters. The van der Waals surface area contributed by atoms with E-state index < -0.39 is 0 Å². The molecule has 0 radical (unpaired) electrons. The molecule has 0 atom stereocenters. The molecule has 2 aromatic rings. The summed E-state index contributed by atoms with van der Waals surface area (Å²) in [7, 11) is 2.10. The Hall–Kier alpha value is -1.96. The van der Waals surface area contributed by atoms with Crippen molar-refractivity contribution in [3.63, 3.8) is 0 Å². The summed E-state index contributed by atoms with van der Waals surface area (Å²) in [6.07, 6.45) is 1.31. The number of likely N-dealkylation sites (N-methyl/N-ethyl adjacent to an activating group) is 1. The van der Waals surface area contributed by atoms with Crippen molar-refractivity contribution in [1.29, 1.82) is 0 Å². The van der Waals surface area contributed by atoms with Gasteiger partial charge in [0.15, 0.2) is 0 Å². The summed E-state index contributed by atoms with van der Waals surface area (Å²) in [5.41, 5.74) is 2.21. The number of fused-ring (bicyclic) bond motifs is 1. The molecule has 2 aliphatic heterocycles. The minimum absolute atomic E-state index is 0.0431. The first-order chi connectivity index (χ1) is 13.5. The predicted octanol–water partition coefficient (Wildman–Crippen LogP) is 1.92. The molecule has 0 bridgehead atoms. The van der Waals surface area contributed by atoms with E-state index in [0.29, 0.717) is 42.5 Å². The number of H-pyrrole nitrogens is 1. The Morgan fingerprint density at radius 2 is 1.89 bits per heavy atom. The molecule has 0 amide bonds. The summed E-state index contributed by atoms with van der Waals surface area (Å²) in [4.78, 5) is 27.0. The first-order valence-corrected chi connectivity index (χ1v) is 10.1. The highest BCUT2D eigenvalue weighted by molar-refractivity contribution is 6.30. The first kappa shape index (κ1) is 19.4. The van der Waals surface area contributed by atoms with Gasteiger partial charge in [-0.05, 0) is 25.6 Å². The van der Waals surface area contributed by atoms with Crippen LogP contribution in [0.1, 0.15) is 16.8 Å². The summed E-state index contributed by atoms with van der Waals surface area (Å²) in [5, 5.41) is 0.400. The van der Waals surface area contributed by atoms with Gasteiger partial charge in [-0.2, -0.15) is 0 Å². The Kier molecular flexibility index (Phi) is 5.66. The maximum absolute atomic E-state index is 14.1. The average Bonchev–Trinajstić information content (AvgIpc) is 2.87. The lowest BCUT2D eigenvalue weighted by Gasteiger charge is -2.32. The van der Waals surface area contributed by atoms with Crippen LogP contribution < -0.4 is 10.5 Å². The van der Waals surface area contributed by atoms with Gasteiger partial charge in [0.25, 0.3) is 5.56 Å². The van der Waals surface area contributed by atoms with Gasteiger partial charge in [-0.25, -0.2) is 9.37 Å². The molecule has 3 heterocycles. The minimum atomic E-state index is -0.289. The van der Waals surface area contributed by atoms with Gasteiger partial charge < -0.3 is 9.80 Å². The Bertz CT molecular complexity index is 910. The lowest BCUT2D eigenvalue weighted by molar-refractivity contribution is 0.274. The number of rotatable bonds is 3. The number of halogens is 2. The molecule has 0 saturated carbocycles. The van der Waals surface area contributed by atoms with Crippen molar-refractivity contribution >= 4 is 17.5 Å². The summed E-state index contributed by atoms with van der Waals surface area (Å²) in [6.45, 7) is 5.59. The molecule has 2 aliphatic rings. The monoisotopic (exact) mass is 405 g/mol. The third-order valence-electron chi connectivity index (χ3n) is 5.64. The van der Waals surface area contributed by atoms with Crippen LogP contribution in [-0.4, -0.2) is 66.1 Å². The van der Waals surface area contributed by atoms with E-state index in [2.05, 4.69) is 26.7 Å². The van der Waals surface area contributed by atoms with Gasteiger partial charge in [0, 0.05) is 68.4 Å². The van der Waals surface area contributed by atoms with Crippen molar-refractivity contribution < 1.29 is 4.39 Å². The Labute approximate surface area is 168 Å². The molecule has 4 rings (SSSR count). The predicted molar refractivity (Wildman–Crippen MR) is 109 cm³/mol. The van der Waals surface area contributed by atoms with E-state index in [-0.39, 0.29) is 11.4 Å². The van der Waals surface area contributed by atoms with Crippen LogP contribution in [0.4, 0.5) is 10.3 Å². The maximum atomic E-state index is 14.1. The van der Waals surface area contributed by atoms with Gasteiger partial charge >= 0.3 is 0 Å². The number of anilines is 1. The van der Waals surface area contributed by atoms with Crippen molar-refractivity contribution in [3.8, 4) is 0 Å². The number of aromatic amines is 1. The molecule has 8 heteroatoms. The fourth-order valence-electron chi connectivity index (χ4n) is 3.86. The SMILES string of the molecule is CN1CCN(c2nc3c(c(=O)[nH]2)CCN(Cc2ccc(Cl)cc2F)CC3)CC1. The highest BCUT2D eigenvalue weighted by atomic mass is 35.5. The van der Waals surface area contributed by atoms with Crippen LogP contribution in [0, 0.1) is 5.82 Å². The molecule has 0 spiro atoms. The van der Waals surface area contributed by atoms with Gasteiger partial charge in [-0.15, -0.1) is 0 Å². The standard InChI is InChI=1S/C20H25ClFN5O/c1-25-8-10-27(11-9-25)20-23-18-5-7-26(6-4-16(18)19(28)24-20)13-14-2-3-15(21)12-17(14)22/h2-3,12H,4-11,13H2,1H3,(H,23,24,28). The molecule has 0 aliphatic carbocycles. The molecule has 1 aromatic carbocycles. The van der Waals surface area contributed by atoms with Crippen LogP contribution in [-0.2, 0) is 19.4 Å². The van der Waals surface area contributed by atoms with Crippen LogP contribution in [0.15, 0.2) is 23.0 Å². The van der Waals surface area contributed by atoms with E-state index in [1.54, 1.807) is 12.1 Å². The van der Waals surface area contributed by atoms with Crippen molar-refractivity contribution in [2.24, 2.45) is 0 Å². The summed E-state index contributed by atoms with van der Waals surface area (Å²) in [6, 6.07) is 4.78. The highest BCUT2D eigenvalue weighted by Crippen LogP contribution is 2.19. The summed E-state index contributed by atoms with van der Waals surface area (Å²) < 4.78 is 14.1. The fraction of sp³-hybridized carbons (Fsp3) is 0.500. The van der Waals surface area contributed by atoms with E-state index in [0.717, 1.165) is 44.0 Å². The zero-order chi connectivity index (χ0) is 19.7. The Morgan fingerprint density at radius 3 is 2.64 bits per heavy atom. The summed E-state index contributed by atoms with van der Waals surface area (Å²) >= 11 is 5.84. The van der Waals surface area contributed by atoms with E-state index in [4.69, 9.17) is 16.6 Å². The number of nitrogens with zero attached hydrogens (tertiary/aromatic N) is 4.